The van der Waals surface area contributed by atoms with Crippen LogP contribution in [0.3, 0.4) is 0 Å². The number of aryl methyl sites for hydroxylation is 2. The first kappa shape index (κ1) is 31.0. The fraction of sp³-hybridized carbons (Fsp3) is 0.212. The summed E-state index contributed by atoms with van der Waals surface area (Å²) in [5.41, 5.74) is 3.70. The van der Waals surface area contributed by atoms with E-state index in [-0.39, 0.29) is 23.8 Å². The average Bonchev–Trinajstić information content (AvgIpc) is 2.99. The number of sulfonamides is 1. The van der Waals surface area contributed by atoms with Gasteiger partial charge in [-0.1, -0.05) is 94.3 Å². The van der Waals surface area contributed by atoms with Crippen molar-refractivity contribution in [3.05, 3.63) is 130 Å². The third-order valence-corrected chi connectivity index (χ3v) is 9.36. The molecule has 0 saturated carbocycles. The number of carbonyl (C=O) groups is 2. The Balaban J connectivity index is 1.79. The van der Waals surface area contributed by atoms with E-state index in [1.54, 1.807) is 49.4 Å². The summed E-state index contributed by atoms with van der Waals surface area (Å²) in [6, 6.07) is 29.6. The monoisotopic (exact) mass is 647 g/mol. The maximum atomic E-state index is 14.3. The Labute approximate surface area is 256 Å². The maximum absolute atomic E-state index is 14.3. The van der Waals surface area contributed by atoms with Gasteiger partial charge in [0.05, 0.1) is 10.6 Å². The highest BCUT2D eigenvalue weighted by molar-refractivity contribution is 9.10. The molecule has 1 N–H and O–H groups in total. The molecule has 4 rings (SSSR count). The average molecular weight is 649 g/mol. The summed E-state index contributed by atoms with van der Waals surface area (Å²) in [7, 11) is -2.60. The van der Waals surface area contributed by atoms with Gasteiger partial charge in [0.1, 0.15) is 12.6 Å². The van der Waals surface area contributed by atoms with Crippen LogP contribution in [0.5, 0.6) is 0 Å². The molecule has 42 heavy (non-hydrogen) atoms. The number of carbonyl (C=O) groups excluding carboxylic acids is 2. The number of anilines is 1. The fourth-order valence-electron chi connectivity index (χ4n) is 4.70. The highest BCUT2D eigenvalue weighted by Crippen LogP contribution is 2.28. The van der Waals surface area contributed by atoms with Crippen LogP contribution >= 0.6 is 15.9 Å². The molecule has 4 aromatic carbocycles. The molecule has 0 heterocycles. The fourth-order valence-corrected chi connectivity index (χ4v) is 6.44. The van der Waals surface area contributed by atoms with E-state index < -0.39 is 28.5 Å². The van der Waals surface area contributed by atoms with Crippen LogP contribution in [0.25, 0.3) is 0 Å². The van der Waals surface area contributed by atoms with E-state index >= 15 is 0 Å². The normalized spacial score (nSPS) is 11.9. The third kappa shape index (κ3) is 7.46. The van der Waals surface area contributed by atoms with Crippen molar-refractivity contribution in [3.8, 4) is 0 Å². The lowest BCUT2D eigenvalue weighted by Crippen LogP contribution is -2.53. The molecular formula is C33H34BrN3O4S. The summed E-state index contributed by atoms with van der Waals surface area (Å²) in [4.78, 5) is 29.2. The molecule has 0 bridgehead atoms. The van der Waals surface area contributed by atoms with Crippen LogP contribution in [0.15, 0.2) is 112 Å². The van der Waals surface area contributed by atoms with Crippen LogP contribution < -0.4 is 9.62 Å². The van der Waals surface area contributed by atoms with Crippen LogP contribution in [-0.2, 0) is 32.6 Å². The van der Waals surface area contributed by atoms with E-state index in [0.29, 0.717) is 11.3 Å². The number of para-hydroxylation sites is 1. The van der Waals surface area contributed by atoms with Crippen molar-refractivity contribution in [2.24, 2.45) is 0 Å². The van der Waals surface area contributed by atoms with E-state index in [4.69, 9.17) is 0 Å². The van der Waals surface area contributed by atoms with Crippen molar-refractivity contribution in [2.75, 3.05) is 17.9 Å². The Morgan fingerprint density at radius 3 is 2.05 bits per heavy atom. The van der Waals surface area contributed by atoms with E-state index in [2.05, 4.69) is 21.2 Å². The minimum Gasteiger partial charge on any atom is -0.357 e. The lowest BCUT2D eigenvalue weighted by Gasteiger charge is -2.34. The van der Waals surface area contributed by atoms with Gasteiger partial charge in [0.25, 0.3) is 10.0 Å². The molecule has 0 aliphatic heterocycles. The molecule has 0 spiro atoms. The minimum absolute atomic E-state index is 0.0794. The van der Waals surface area contributed by atoms with E-state index in [1.807, 2.05) is 67.6 Å². The van der Waals surface area contributed by atoms with Gasteiger partial charge >= 0.3 is 0 Å². The number of nitrogens with one attached hydrogen (secondary N) is 1. The molecule has 0 aliphatic carbocycles. The summed E-state index contributed by atoms with van der Waals surface area (Å²) in [5, 5.41) is 2.70. The zero-order valence-corrected chi connectivity index (χ0v) is 26.2. The first-order chi connectivity index (χ1) is 20.1. The second kappa shape index (κ2) is 13.8. The number of likely N-dealkylation sites (N-methyl/N-ethyl adjacent to an activating group) is 1. The molecule has 218 valence electrons. The lowest BCUT2D eigenvalue weighted by atomic mass is 10.0. The van der Waals surface area contributed by atoms with Crippen LogP contribution in [0, 0.1) is 13.8 Å². The number of benzene rings is 4. The van der Waals surface area contributed by atoms with Crippen molar-refractivity contribution < 1.29 is 18.0 Å². The quantitative estimate of drug-likeness (QED) is 0.228. The van der Waals surface area contributed by atoms with E-state index in [1.165, 1.54) is 11.9 Å². The number of nitrogens with zero attached hydrogens (tertiary/aromatic N) is 2. The van der Waals surface area contributed by atoms with Crippen LogP contribution in [0.4, 0.5) is 5.69 Å². The minimum atomic E-state index is -4.13. The molecule has 9 heteroatoms. The molecule has 1 atom stereocenters. The molecule has 0 radical (unpaired) electrons. The van der Waals surface area contributed by atoms with Gasteiger partial charge in [0.2, 0.25) is 11.8 Å². The molecule has 0 aromatic heterocycles. The van der Waals surface area contributed by atoms with Gasteiger partial charge in [-0.15, -0.1) is 0 Å². The molecule has 0 fully saturated rings. The van der Waals surface area contributed by atoms with Crippen molar-refractivity contribution >= 4 is 43.5 Å². The van der Waals surface area contributed by atoms with Gasteiger partial charge in [-0.3, -0.25) is 13.9 Å². The Morgan fingerprint density at radius 1 is 0.810 bits per heavy atom. The number of rotatable bonds is 11. The number of hydrogen-bond acceptors (Lipinski definition) is 4. The first-order valence-electron chi connectivity index (χ1n) is 13.5. The molecule has 2 amide bonds. The summed E-state index contributed by atoms with van der Waals surface area (Å²) in [5.74, 6) is -0.838. The Morgan fingerprint density at radius 2 is 1.43 bits per heavy atom. The summed E-state index contributed by atoms with van der Waals surface area (Å²) in [6.45, 7) is 3.31. The van der Waals surface area contributed by atoms with Crippen molar-refractivity contribution in [3.63, 3.8) is 0 Å². The van der Waals surface area contributed by atoms with Crippen molar-refractivity contribution in [1.29, 1.82) is 0 Å². The molecule has 0 saturated heterocycles. The second-order valence-corrected chi connectivity index (χ2v) is 12.9. The summed E-state index contributed by atoms with van der Waals surface area (Å²) >= 11 is 3.44. The highest BCUT2D eigenvalue weighted by Gasteiger charge is 2.34. The van der Waals surface area contributed by atoms with Gasteiger partial charge in [0, 0.05) is 24.5 Å². The van der Waals surface area contributed by atoms with E-state index in [0.717, 1.165) is 25.5 Å². The van der Waals surface area contributed by atoms with Crippen LogP contribution in [0.1, 0.15) is 22.3 Å². The predicted octanol–water partition coefficient (Wildman–Crippen LogP) is 5.65. The topological polar surface area (TPSA) is 86.8 Å². The Hall–Kier alpha value is -3.95. The van der Waals surface area contributed by atoms with Crippen LogP contribution in [-0.4, -0.2) is 44.8 Å². The molecule has 4 aromatic rings. The third-order valence-electron chi connectivity index (χ3n) is 7.06. The molecule has 7 nitrogen and oxygen atoms in total. The van der Waals surface area contributed by atoms with Gasteiger partial charge in [-0.25, -0.2) is 8.42 Å². The van der Waals surface area contributed by atoms with Crippen molar-refractivity contribution in [1.82, 2.24) is 10.2 Å². The highest BCUT2D eigenvalue weighted by atomic mass is 79.9. The van der Waals surface area contributed by atoms with Gasteiger partial charge in [-0.05, 0) is 60.9 Å². The Kier molecular flexibility index (Phi) is 10.2. The summed E-state index contributed by atoms with van der Waals surface area (Å²) in [6.07, 6.45) is 0.262. The van der Waals surface area contributed by atoms with E-state index in [9.17, 15) is 18.0 Å². The largest absolute Gasteiger partial charge is 0.357 e. The summed E-state index contributed by atoms with van der Waals surface area (Å²) < 4.78 is 30.2. The Bertz CT molecular complexity index is 1630. The zero-order chi connectivity index (χ0) is 30.3. The number of amides is 2. The molecule has 0 unspecified atom stereocenters. The number of hydrogen-bond donors (Lipinski definition) is 1. The van der Waals surface area contributed by atoms with Gasteiger partial charge < -0.3 is 10.2 Å². The zero-order valence-electron chi connectivity index (χ0n) is 23.8. The predicted molar refractivity (Wildman–Crippen MR) is 170 cm³/mol. The smallest absolute Gasteiger partial charge is 0.264 e. The van der Waals surface area contributed by atoms with Gasteiger partial charge in [-0.2, -0.15) is 0 Å². The van der Waals surface area contributed by atoms with Gasteiger partial charge in [0.15, 0.2) is 0 Å². The first-order valence-corrected chi connectivity index (χ1v) is 15.8. The number of halogens is 1. The lowest BCUT2D eigenvalue weighted by molar-refractivity contribution is -0.139. The molecular weight excluding hydrogens is 614 g/mol. The standard InChI is InChI=1S/C33H34BrN3O4S/c1-24-13-19-29(20-14-24)42(40,41)37(30-12-8-7-9-25(30)2)23-32(38)36(22-27-15-17-28(34)18-16-27)31(33(39)35-3)21-26-10-5-4-6-11-26/h4-20,31H,21-23H2,1-3H3,(H,35,39)/t31-/m0/s1. The SMILES string of the molecule is CNC(=O)[C@H](Cc1ccccc1)N(Cc1ccc(Br)cc1)C(=O)CN(c1ccccc1C)S(=O)(=O)c1ccc(C)cc1. The maximum Gasteiger partial charge on any atom is 0.264 e. The molecule has 0 aliphatic rings. The van der Waals surface area contributed by atoms with Crippen molar-refractivity contribution in [2.45, 2.75) is 37.8 Å². The second-order valence-electron chi connectivity index (χ2n) is 10.1. The van der Waals surface area contributed by atoms with Crippen LogP contribution in [0.2, 0.25) is 0 Å².